The number of aliphatic hydroxyl groups is 5. The van der Waals surface area contributed by atoms with E-state index in [1.165, 1.54) is 0 Å². The lowest BCUT2D eigenvalue weighted by atomic mass is 9.83. The summed E-state index contributed by atoms with van der Waals surface area (Å²) in [7, 11) is 0. The molecule has 0 aromatic heterocycles. The molecule has 1 saturated heterocycles. The Hall–Kier alpha value is -1.53. The summed E-state index contributed by atoms with van der Waals surface area (Å²) in [5, 5.41) is 57.8. The molecule has 146 valence electrons. The third kappa shape index (κ3) is 3.25. The number of allylic oxidation sites excluding steroid dienone is 1. The van der Waals surface area contributed by atoms with Gasteiger partial charge in [0.15, 0.2) is 6.29 Å². The van der Waals surface area contributed by atoms with Gasteiger partial charge in [-0.25, -0.2) is 4.79 Å². The van der Waals surface area contributed by atoms with Crippen LogP contribution in [0.4, 0.5) is 0 Å². The highest BCUT2D eigenvalue weighted by Gasteiger charge is 2.49. The van der Waals surface area contributed by atoms with Gasteiger partial charge in [0.05, 0.1) is 31.0 Å². The summed E-state index contributed by atoms with van der Waals surface area (Å²) in [6.07, 6.45) is -5.21. The van der Waals surface area contributed by atoms with Crippen molar-refractivity contribution in [2.75, 3.05) is 13.2 Å². The van der Waals surface area contributed by atoms with Crippen molar-refractivity contribution < 1.29 is 49.6 Å². The van der Waals surface area contributed by atoms with E-state index in [-0.39, 0.29) is 12.2 Å². The van der Waals surface area contributed by atoms with Crippen LogP contribution in [0.5, 0.6) is 0 Å². The van der Waals surface area contributed by atoms with Gasteiger partial charge in [-0.05, 0) is 12.0 Å². The van der Waals surface area contributed by atoms with Crippen molar-refractivity contribution in [2.24, 2.45) is 11.8 Å². The quantitative estimate of drug-likeness (QED) is 0.288. The molecule has 1 aliphatic carbocycles. The molecular formula is C16H22O10. The number of carboxylic acid groups (broad SMARTS) is 1. The number of fused-ring (bicyclic) bond motifs is 1. The van der Waals surface area contributed by atoms with Gasteiger partial charge < -0.3 is 44.8 Å². The highest BCUT2D eigenvalue weighted by Crippen LogP contribution is 2.44. The van der Waals surface area contributed by atoms with Crippen LogP contribution >= 0.6 is 0 Å². The first-order valence-electron chi connectivity index (χ1n) is 8.23. The Bertz CT molecular complexity index is 600. The summed E-state index contributed by atoms with van der Waals surface area (Å²) < 4.78 is 16.3. The van der Waals surface area contributed by atoms with Crippen LogP contribution in [0.2, 0.25) is 0 Å². The molecule has 0 amide bonds. The number of rotatable bonds is 5. The minimum atomic E-state index is -1.61. The minimum absolute atomic E-state index is 0.0448. The molecule has 0 spiro atoms. The monoisotopic (exact) mass is 374 g/mol. The van der Waals surface area contributed by atoms with E-state index in [9.17, 15) is 35.4 Å². The second-order valence-electron chi connectivity index (χ2n) is 6.52. The Morgan fingerprint density at radius 3 is 2.50 bits per heavy atom. The second kappa shape index (κ2) is 7.61. The van der Waals surface area contributed by atoms with Gasteiger partial charge in [0, 0.05) is 5.92 Å². The van der Waals surface area contributed by atoms with Gasteiger partial charge in [-0.3, -0.25) is 0 Å². The van der Waals surface area contributed by atoms with Crippen LogP contribution in [0.25, 0.3) is 0 Å². The van der Waals surface area contributed by atoms with Crippen LogP contribution in [-0.2, 0) is 19.0 Å². The number of aliphatic hydroxyl groups excluding tert-OH is 5. The van der Waals surface area contributed by atoms with Gasteiger partial charge in [0.25, 0.3) is 0 Å². The highest BCUT2D eigenvalue weighted by atomic mass is 16.8. The standard InChI is InChI=1S/C16H22O10/c17-3-6-1-2-7-8(14(22)23)5-24-15(10(6)7)26-16-13(21)12(20)11(19)9(4-18)25-16/h1,5,7,9-13,15-21H,2-4H2,(H,22,23)/t7?,9-,10?,11-,12+,13-,15?,16+/m1/s1. The first-order chi connectivity index (χ1) is 12.4. The van der Waals surface area contributed by atoms with Crippen LogP contribution in [0.1, 0.15) is 6.42 Å². The molecule has 26 heavy (non-hydrogen) atoms. The van der Waals surface area contributed by atoms with E-state index in [1.807, 2.05) is 0 Å². The molecule has 3 rings (SSSR count). The van der Waals surface area contributed by atoms with Gasteiger partial charge in [0.1, 0.15) is 24.4 Å². The maximum absolute atomic E-state index is 11.4. The summed E-state index contributed by atoms with van der Waals surface area (Å²) in [6, 6.07) is 0. The molecule has 0 bridgehead atoms. The van der Waals surface area contributed by atoms with E-state index in [1.54, 1.807) is 6.08 Å². The fourth-order valence-corrected chi connectivity index (χ4v) is 3.62. The zero-order valence-corrected chi connectivity index (χ0v) is 13.7. The smallest absolute Gasteiger partial charge is 0.335 e. The van der Waals surface area contributed by atoms with Crippen LogP contribution in [-0.4, -0.2) is 86.8 Å². The first kappa shape index (κ1) is 19.2. The Morgan fingerprint density at radius 2 is 1.88 bits per heavy atom. The first-order valence-corrected chi connectivity index (χ1v) is 8.23. The number of hydrogen-bond donors (Lipinski definition) is 6. The molecule has 3 unspecified atom stereocenters. The minimum Gasteiger partial charge on any atom is -0.478 e. The lowest BCUT2D eigenvalue weighted by Gasteiger charge is -2.42. The maximum Gasteiger partial charge on any atom is 0.335 e. The van der Waals surface area contributed by atoms with Crippen LogP contribution < -0.4 is 0 Å². The average molecular weight is 374 g/mol. The molecule has 8 atom stereocenters. The average Bonchev–Trinajstić information content (AvgIpc) is 3.06. The van der Waals surface area contributed by atoms with E-state index in [0.717, 1.165) is 6.26 Å². The number of carbonyl (C=O) groups is 1. The molecule has 10 heteroatoms. The van der Waals surface area contributed by atoms with Crippen molar-refractivity contribution in [1.29, 1.82) is 0 Å². The van der Waals surface area contributed by atoms with Crippen LogP contribution in [0.15, 0.2) is 23.5 Å². The van der Waals surface area contributed by atoms with Crippen molar-refractivity contribution >= 4 is 5.97 Å². The summed E-state index contributed by atoms with van der Waals surface area (Å²) in [6.45, 7) is -0.917. The lowest BCUT2D eigenvalue weighted by molar-refractivity contribution is -0.339. The molecule has 2 aliphatic heterocycles. The molecule has 0 saturated carbocycles. The van der Waals surface area contributed by atoms with Crippen LogP contribution in [0, 0.1) is 11.8 Å². The zero-order chi connectivity index (χ0) is 19.0. The van der Waals surface area contributed by atoms with E-state index in [4.69, 9.17) is 14.2 Å². The van der Waals surface area contributed by atoms with E-state index >= 15 is 0 Å². The molecule has 3 aliphatic rings. The van der Waals surface area contributed by atoms with Crippen molar-refractivity contribution in [1.82, 2.24) is 0 Å². The molecule has 1 fully saturated rings. The number of aliphatic carboxylic acids is 1. The number of hydrogen-bond acceptors (Lipinski definition) is 9. The van der Waals surface area contributed by atoms with Gasteiger partial charge >= 0.3 is 5.97 Å². The molecule has 0 aromatic carbocycles. The van der Waals surface area contributed by atoms with Crippen molar-refractivity contribution in [3.05, 3.63) is 23.5 Å². The molecule has 6 N–H and O–H groups in total. The highest BCUT2D eigenvalue weighted by molar-refractivity contribution is 5.87. The topological polar surface area (TPSA) is 166 Å². The predicted molar refractivity (Wildman–Crippen MR) is 82.2 cm³/mol. The third-order valence-electron chi connectivity index (χ3n) is 5.06. The molecule has 10 nitrogen and oxygen atoms in total. The fraction of sp³-hybridized carbons (Fsp3) is 0.688. The fourth-order valence-electron chi connectivity index (χ4n) is 3.62. The SMILES string of the molecule is O=C(O)C1=COC(O[C@@H]2O[C@H](CO)[C@@H](O)[C@H](O)[C@H]2O)C2C(CO)=CCC12. The molecule has 0 radical (unpaired) electrons. The Morgan fingerprint density at radius 1 is 1.15 bits per heavy atom. The largest absolute Gasteiger partial charge is 0.478 e. The van der Waals surface area contributed by atoms with E-state index in [0.29, 0.717) is 12.0 Å². The summed E-state index contributed by atoms with van der Waals surface area (Å²) in [5.74, 6) is -2.22. The van der Waals surface area contributed by atoms with Gasteiger partial charge in [-0.15, -0.1) is 0 Å². The second-order valence-corrected chi connectivity index (χ2v) is 6.52. The van der Waals surface area contributed by atoms with Crippen molar-refractivity contribution in [3.8, 4) is 0 Å². The van der Waals surface area contributed by atoms with Gasteiger partial charge in [-0.2, -0.15) is 0 Å². The van der Waals surface area contributed by atoms with Gasteiger partial charge in [-0.1, -0.05) is 6.08 Å². The Balaban J connectivity index is 1.80. The summed E-state index contributed by atoms with van der Waals surface area (Å²) in [5.41, 5.74) is 0.583. The lowest BCUT2D eigenvalue weighted by Crippen LogP contribution is -2.60. The maximum atomic E-state index is 11.4. The zero-order valence-electron chi connectivity index (χ0n) is 13.7. The third-order valence-corrected chi connectivity index (χ3v) is 5.06. The Labute approximate surface area is 148 Å². The van der Waals surface area contributed by atoms with E-state index in [2.05, 4.69) is 0 Å². The van der Waals surface area contributed by atoms with Crippen molar-refractivity contribution in [2.45, 2.75) is 43.4 Å². The predicted octanol–water partition coefficient (Wildman–Crippen LogP) is -2.32. The summed E-state index contributed by atoms with van der Waals surface area (Å²) >= 11 is 0. The van der Waals surface area contributed by atoms with Gasteiger partial charge in [0.2, 0.25) is 6.29 Å². The molecular weight excluding hydrogens is 352 g/mol. The molecule has 2 heterocycles. The molecule has 0 aromatic rings. The Kier molecular flexibility index (Phi) is 5.63. The van der Waals surface area contributed by atoms with Crippen LogP contribution in [0.3, 0.4) is 0 Å². The summed E-state index contributed by atoms with van der Waals surface area (Å²) in [4.78, 5) is 11.4. The normalized spacial score (nSPS) is 42.5. The number of ether oxygens (including phenoxy) is 3. The van der Waals surface area contributed by atoms with Crippen molar-refractivity contribution in [3.63, 3.8) is 0 Å². The number of carboxylic acids is 1. The van der Waals surface area contributed by atoms with E-state index < -0.39 is 61.4 Å².